The molecule has 0 aliphatic carbocycles. The summed E-state index contributed by atoms with van der Waals surface area (Å²) in [6.45, 7) is 4.98. The van der Waals surface area contributed by atoms with Crippen molar-refractivity contribution in [2.45, 2.75) is 19.5 Å². The molecule has 0 N–H and O–H groups in total. The molecule has 1 aromatic heterocycles. The number of amides is 1. The number of pyridine rings is 1. The lowest BCUT2D eigenvalue weighted by Crippen LogP contribution is -2.49. The van der Waals surface area contributed by atoms with Crippen molar-refractivity contribution in [3.8, 4) is 0 Å². The van der Waals surface area contributed by atoms with Gasteiger partial charge in [0.05, 0.1) is 6.04 Å². The first-order valence-corrected chi connectivity index (χ1v) is 7.67. The Kier molecular flexibility index (Phi) is 4.49. The van der Waals surface area contributed by atoms with E-state index in [0.717, 1.165) is 26.2 Å². The van der Waals surface area contributed by atoms with Crippen LogP contribution in [-0.4, -0.2) is 40.3 Å². The molecule has 0 spiro atoms. The van der Waals surface area contributed by atoms with Gasteiger partial charge in [0.25, 0.3) is 0 Å². The van der Waals surface area contributed by atoms with E-state index in [0.29, 0.717) is 0 Å². The summed E-state index contributed by atoms with van der Waals surface area (Å²) in [7, 11) is 0. The van der Waals surface area contributed by atoms with Crippen LogP contribution >= 0.6 is 0 Å². The highest BCUT2D eigenvalue weighted by Gasteiger charge is 2.29. The van der Waals surface area contributed by atoms with Crippen LogP contribution in [-0.2, 0) is 11.3 Å². The highest BCUT2D eigenvalue weighted by molar-refractivity contribution is 5.73. The first kappa shape index (κ1) is 14.7. The Balaban J connectivity index is 1.82. The average Bonchev–Trinajstić information content (AvgIpc) is 2.57. The Hall–Kier alpha value is -2.20. The number of benzene rings is 1. The molecular weight excluding hydrogens is 274 g/mol. The summed E-state index contributed by atoms with van der Waals surface area (Å²) in [5.74, 6) is 0.157. The molecule has 4 nitrogen and oxygen atoms in total. The standard InChI is InChI=1S/C18H21N3O/c1-15(22)20-11-12-21(13-16-7-9-19-10-8-16)18(14-20)17-5-3-2-4-6-17/h2-10,18H,11-14H2,1H3/t18-/m0/s1. The molecule has 0 saturated carbocycles. The Morgan fingerprint density at radius 3 is 2.55 bits per heavy atom. The fourth-order valence-corrected chi connectivity index (χ4v) is 3.01. The third kappa shape index (κ3) is 3.34. The van der Waals surface area contributed by atoms with Crippen LogP contribution in [0.4, 0.5) is 0 Å². The Morgan fingerprint density at radius 1 is 1.14 bits per heavy atom. The van der Waals surface area contributed by atoms with Crippen LogP contribution < -0.4 is 0 Å². The van der Waals surface area contributed by atoms with Crippen molar-refractivity contribution >= 4 is 5.91 Å². The van der Waals surface area contributed by atoms with Gasteiger partial charge in [0.1, 0.15) is 0 Å². The van der Waals surface area contributed by atoms with Crippen molar-refractivity contribution in [3.05, 3.63) is 66.0 Å². The maximum absolute atomic E-state index is 11.7. The van der Waals surface area contributed by atoms with Gasteiger partial charge in [-0.3, -0.25) is 14.7 Å². The maximum Gasteiger partial charge on any atom is 0.219 e. The van der Waals surface area contributed by atoms with Crippen LogP contribution in [0.15, 0.2) is 54.9 Å². The average molecular weight is 295 g/mol. The zero-order valence-corrected chi connectivity index (χ0v) is 12.9. The van der Waals surface area contributed by atoms with Gasteiger partial charge in [-0.15, -0.1) is 0 Å². The molecule has 0 unspecified atom stereocenters. The van der Waals surface area contributed by atoms with E-state index in [1.54, 1.807) is 6.92 Å². The van der Waals surface area contributed by atoms with Gasteiger partial charge in [0.15, 0.2) is 0 Å². The van der Waals surface area contributed by atoms with Gasteiger partial charge >= 0.3 is 0 Å². The zero-order valence-electron chi connectivity index (χ0n) is 12.9. The molecule has 1 aliphatic heterocycles. The first-order chi connectivity index (χ1) is 10.7. The topological polar surface area (TPSA) is 36.4 Å². The van der Waals surface area contributed by atoms with Gasteiger partial charge in [-0.05, 0) is 23.3 Å². The molecule has 0 radical (unpaired) electrons. The minimum atomic E-state index is 0.157. The van der Waals surface area contributed by atoms with Crippen molar-refractivity contribution < 1.29 is 4.79 Å². The third-order valence-electron chi connectivity index (χ3n) is 4.26. The van der Waals surface area contributed by atoms with E-state index < -0.39 is 0 Å². The smallest absolute Gasteiger partial charge is 0.219 e. The van der Waals surface area contributed by atoms with Crippen LogP contribution in [0.3, 0.4) is 0 Å². The van der Waals surface area contributed by atoms with Crippen molar-refractivity contribution in [2.75, 3.05) is 19.6 Å². The van der Waals surface area contributed by atoms with Gasteiger partial charge in [-0.2, -0.15) is 0 Å². The molecule has 1 saturated heterocycles. The fraction of sp³-hybridized carbons (Fsp3) is 0.333. The van der Waals surface area contributed by atoms with Gasteiger partial charge in [0, 0.05) is 45.5 Å². The van der Waals surface area contributed by atoms with E-state index in [1.165, 1.54) is 11.1 Å². The summed E-state index contributed by atoms with van der Waals surface area (Å²) in [4.78, 5) is 20.2. The molecule has 22 heavy (non-hydrogen) atoms. The lowest BCUT2D eigenvalue weighted by atomic mass is 10.0. The number of hydrogen-bond donors (Lipinski definition) is 0. The summed E-state index contributed by atoms with van der Waals surface area (Å²) < 4.78 is 0. The maximum atomic E-state index is 11.7. The van der Waals surface area contributed by atoms with E-state index in [1.807, 2.05) is 23.4 Å². The van der Waals surface area contributed by atoms with Crippen molar-refractivity contribution in [2.24, 2.45) is 0 Å². The lowest BCUT2D eigenvalue weighted by molar-refractivity contribution is -0.132. The summed E-state index contributed by atoms with van der Waals surface area (Å²) in [6, 6.07) is 14.8. The van der Waals surface area contributed by atoms with Crippen molar-refractivity contribution in [3.63, 3.8) is 0 Å². The van der Waals surface area contributed by atoms with Crippen molar-refractivity contribution in [1.29, 1.82) is 0 Å². The quantitative estimate of drug-likeness (QED) is 0.873. The van der Waals surface area contributed by atoms with Gasteiger partial charge < -0.3 is 4.90 Å². The molecule has 0 bridgehead atoms. The van der Waals surface area contributed by atoms with Crippen molar-refractivity contribution in [1.82, 2.24) is 14.8 Å². The Bertz CT molecular complexity index is 615. The van der Waals surface area contributed by atoms with Crippen LogP contribution in [0.25, 0.3) is 0 Å². The summed E-state index contributed by atoms with van der Waals surface area (Å²) in [5.41, 5.74) is 2.52. The minimum Gasteiger partial charge on any atom is -0.340 e. The van der Waals surface area contributed by atoms with E-state index in [-0.39, 0.29) is 11.9 Å². The molecule has 1 aromatic carbocycles. The highest BCUT2D eigenvalue weighted by Crippen LogP contribution is 2.27. The van der Waals surface area contributed by atoms with Gasteiger partial charge in [-0.1, -0.05) is 30.3 Å². The van der Waals surface area contributed by atoms with E-state index in [4.69, 9.17) is 0 Å². The van der Waals surface area contributed by atoms with Crippen LogP contribution in [0.5, 0.6) is 0 Å². The first-order valence-electron chi connectivity index (χ1n) is 7.67. The predicted molar refractivity (Wildman–Crippen MR) is 86.1 cm³/mol. The van der Waals surface area contributed by atoms with Crippen LogP contribution in [0, 0.1) is 0 Å². The SMILES string of the molecule is CC(=O)N1CCN(Cc2ccncc2)[C@H](c2ccccc2)C1. The largest absolute Gasteiger partial charge is 0.340 e. The normalized spacial score (nSPS) is 19.1. The summed E-state index contributed by atoms with van der Waals surface area (Å²) in [6.07, 6.45) is 3.66. The number of piperazine rings is 1. The fourth-order valence-electron chi connectivity index (χ4n) is 3.01. The van der Waals surface area contributed by atoms with E-state index >= 15 is 0 Å². The molecule has 2 heterocycles. The Labute approximate surface area is 131 Å². The summed E-state index contributed by atoms with van der Waals surface area (Å²) >= 11 is 0. The monoisotopic (exact) mass is 295 g/mol. The van der Waals surface area contributed by atoms with Gasteiger partial charge in [-0.25, -0.2) is 0 Å². The van der Waals surface area contributed by atoms with E-state index in [9.17, 15) is 4.79 Å². The second-order valence-corrected chi connectivity index (χ2v) is 5.72. The van der Waals surface area contributed by atoms with Crippen LogP contribution in [0.2, 0.25) is 0 Å². The van der Waals surface area contributed by atoms with E-state index in [2.05, 4.69) is 46.3 Å². The second kappa shape index (κ2) is 6.71. The summed E-state index contributed by atoms with van der Waals surface area (Å²) in [5, 5.41) is 0. The molecule has 4 heteroatoms. The second-order valence-electron chi connectivity index (χ2n) is 5.72. The minimum absolute atomic E-state index is 0.157. The molecule has 1 atom stereocenters. The van der Waals surface area contributed by atoms with Crippen LogP contribution in [0.1, 0.15) is 24.1 Å². The number of carbonyl (C=O) groups is 1. The predicted octanol–water partition coefficient (Wildman–Crippen LogP) is 2.49. The number of nitrogens with zero attached hydrogens (tertiary/aromatic N) is 3. The molecule has 1 fully saturated rings. The molecule has 2 aromatic rings. The number of carbonyl (C=O) groups excluding carboxylic acids is 1. The molecular formula is C18H21N3O. The third-order valence-corrected chi connectivity index (χ3v) is 4.26. The number of aromatic nitrogens is 1. The molecule has 114 valence electrons. The zero-order chi connectivity index (χ0) is 15.4. The van der Waals surface area contributed by atoms with Gasteiger partial charge in [0.2, 0.25) is 5.91 Å². The number of hydrogen-bond acceptors (Lipinski definition) is 3. The highest BCUT2D eigenvalue weighted by atomic mass is 16.2. The molecule has 1 aliphatic rings. The number of rotatable bonds is 3. The molecule has 3 rings (SSSR count). The molecule has 1 amide bonds. The lowest BCUT2D eigenvalue weighted by Gasteiger charge is -2.41. The Morgan fingerprint density at radius 2 is 1.86 bits per heavy atom.